The first-order valence-corrected chi connectivity index (χ1v) is 12.7. The van der Waals surface area contributed by atoms with E-state index in [-0.39, 0.29) is 28.9 Å². The number of halogens is 2. The molecule has 2 aliphatic rings. The molecule has 3 amide bonds. The fourth-order valence-electron chi connectivity index (χ4n) is 3.99. The van der Waals surface area contributed by atoms with Crippen molar-refractivity contribution in [2.45, 2.75) is 32.3 Å². The first-order valence-electron chi connectivity index (χ1n) is 11.5. The Kier molecular flexibility index (Phi) is 7.77. The number of ether oxygens (including phenoxy) is 1. The summed E-state index contributed by atoms with van der Waals surface area (Å²) in [5.41, 5.74) is 2.29. The molecule has 0 radical (unpaired) electrons. The van der Waals surface area contributed by atoms with Gasteiger partial charge in [0.1, 0.15) is 18.1 Å². The van der Waals surface area contributed by atoms with Crippen LogP contribution in [0.15, 0.2) is 46.5 Å². The van der Waals surface area contributed by atoms with E-state index in [1.54, 1.807) is 42.7 Å². The third-order valence-corrected chi connectivity index (χ3v) is 6.87. The molecule has 0 saturated heterocycles. The summed E-state index contributed by atoms with van der Waals surface area (Å²) in [6, 6.07) is 5.79. The maximum Gasteiger partial charge on any atom is 0.410 e. The highest BCUT2D eigenvalue weighted by Crippen LogP contribution is 2.29. The maximum atomic E-state index is 14.1. The van der Waals surface area contributed by atoms with Crippen molar-refractivity contribution < 1.29 is 23.5 Å². The van der Waals surface area contributed by atoms with Crippen LogP contribution in [0.25, 0.3) is 0 Å². The number of hydrogen-bond donors (Lipinski definition) is 2. The Bertz CT molecular complexity index is 1280. The third-order valence-electron chi connectivity index (χ3n) is 6.08. The zero-order chi connectivity index (χ0) is 26.9. The van der Waals surface area contributed by atoms with Crippen molar-refractivity contribution in [2.75, 3.05) is 31.5 Å². The number of anilines is 1. The predicted molar refractivity (Wildman–Crippen MR) is 138 cm³/mol. The number of benzene rings is 1. The molecule has 0 spiro atoms. The molecule has 37 heavy (non-hydrogen) atoms. The summed E-state index contributed by atoms with van der Waals surface area (Å²) in [7, 11) is 0. The Hall–Kier alpha value is -3.15. The summed E-state index contributed by atoms with van der Waals surface area (Å²) in [5.74, 6) is -1.04. The average molecular weight is 548 g/mol. The molecule has 196 valence electrons. The number of pyridine rings is 1. The molecule has 3 N–H and O–H groups in total. The second kappa shape index (κ2) is 10.7. The minimum Gasteiger partial charge on any atom is -0.443 e. The number of nitrogens with two attached hydrogens (primary N) is 1. The number of rotatable bonds is 5. The molecule has 0 saturated carbocycles. The fraction of sp³-hybridized carbons (Fsp3) is 0.360. The van der Waals surface area contributed by atoms with Crippen molar-refractivity contribution in [1.82, 2.24) is 14.8 Å². The standard InChI is InChI=1S/C25H27ClFN5O4S/c1-25(2,3)23(34)30-19-7-17(26)8-29-20(19)13-36-24(35)32-11-15-9-31(10-16(15)12-32)22(33)14-4-5-21(37-28)18(27)6-14/h4-8H,9-13,28H2,1-3H3,(H,30,34). The molecule has 2 aromatic rings. The lowest BCUT2D eigenvalue weighted by Gasteiger charge is -2.23. The Balaban J connectivity index is 1.32. The van der Waals surface area contributed by atoms with Gasteiger partial charge in [-0.2, -0.15) is 0 Å². The van der Waals surface area contributed by atoms with Gasteiger partial charge in [0.05, 0.1) is 15.6 Å². The molecular weight excluding hydrogens is 521 g/mol. The van der Waals surface area contributed by atoms with Crippen molar-refractivity contribution >= 4 is 47.1 Å². The number of aromatic nitrogens is 1. The molecular formula is C25H27ClFN5O4S. The van der Waals surface area contributed by atoms with Gasteiger partial charge in [0.15, 0.2) is 0 Å². The normalized spacial score (nSPS) is 15.2. The van der Waals surface area contributed by atoms with Crippen LogP contribution in [0.5, 0.6) is 0 Å². The molecule has 9 nitrogen and oxygen atoms in total. The van der Waals surface area contributed by atoms with Crippen LogP contribution >= 0.6 is 23.5 Å². The molecule has 1 aromatic carbocycles. The summed E-state index contributed by atoms with van der Waals surface area (Å²) in [5, 5.41) is 8.54. The largest absolute Gasteiger partial charge is 0.443 e. The van der Waals surface area contributed by atoms with E-state index in [9.17, 15) is 18.8 Å². The lowest BCUT2D eigenvalue weighted by molar-refractivity contribution is -0.123. The minimum atomic E-state index is -0.630. The highest BCUT2D eigenvalue weighted by atomic mass is 35.5. The molecule has 2 aliphatic heterocycles. The number of nitrogens with zero attached hydrogens (tertiary/aromatic N) is 3. The van der Waals surface area contributed by atoms with E-state index >= 15 is 0 Å². The molecule has 12 heteroatoms. The lowest BCUT2D eigenvalue weighted by atomic mass is 9.95. The van der Waals surface area contributed by atoms with Crippen molar-refractivity contribution in [2.24, 2.45) is 10.6 Å². The third kappa shape index (κ3) is 6.06. The Labute approximate surface area is 223 Å². The average Bonchev–Trinajstić information content (AvgIpc) is 3.42. The van der Waals surface area contributed by atoms with Crippen molar-refractivity contribution in [3.63, 3.8) is 0 Å². The molecule has 1 aromatic heterocycles. The monoisotopic (exact) mass is 547 g/mol. The molecule has 0 atom stereocenters. The molecule has 3 heterocycles. The smallest absolute Gasteiger partial charge is 0.410 e. The van der Waals surface area contributed by atoms with E-state index in [0.717, 1.165) is 23.1 Å². The second-order valence-electron chi connectivity index (χ2n) is 9.89. The van der Waals surface area contributed by atoms with Crippen LogP contribution in [-0.2, 0) is 16.1 Å². The number of carbonyl (C=O) groups is 3. The highest BCUT2D eigenvalue weighted by molar-refractivity contribution is 7.97. The first-order chi connectivity index (χ1) is 17.5. The Morgan fingerprint density at radius 3 is 2.38 bits per heavy atom. The SMILES string of the molecule is CC(C)(C)C(=O)Nc1cc(Cl)cnc1COC(=O)N1CC2=C(C1)CN(C(=O)c1ccc(SN)c(F)c1)C2. The van der Waals surface area contributed by atoms with Gasteiger partial charge in [-0.3, -0.25) is 19.7 Å². The molecule has 4 rings (SSSR count). The molecule has 0 bridgehead atoms. The zero-order valence-corrected chi connectivity index (χ0v) is 22.2. The first kappa shape index (κ1) is 26.9. The number of hydrogen-bond acceptors (Lipinski definition) is 7. The van der Waals surface area contributed by atoms with Gasteiger partial charge in [-0.15, -0.1) is 0 Å². The van der Waals surface area contributed by atoms with E-state index in [4.69, 9.17) is 21.5 Å². The quantitative estimate of drug-likeness (QED) is 0.425. The van der Waals surface area contributed by atoms with E-state index in [0.29, 0.717) is 42.6 Å². The lowest BCUT2D eigenvalue weighted by Crippen LogP contribution is -2.36. The van der Waals surface area contributed by atoms with Crippen LogP contribution in [0.4, 0.5) is 14.9 Å². The van der Waals surface area contributed by atoms with E-state index in [2.05, 4.69) is 10.3 Å². The van der Waals surface area contributed by atoms with Gasteiger partial charge in [-0.1, -0.05) is 32.4 Å². The number of amides is 3. The van der Waals surface area contributed by atoms with Crippen molar-refractivity contribution in [3.8, 4) is 0 Å². The summed E-state index contributed by atoms with van der Waals surface area (Å²) in [4.78, 5) is 45.6. The van der Waals surface area contributed by atoms with Gasteiger partial charge in [0.25, 0.3) is 5.91 Å². The highest BCUT2D eigenvalue weighted by Gasteiger charge is 2.35. The fourth-order valence-corrected chi connectivity index (χ4v) is 4.46. The van der Waals surface area contributed by atoms with Crippen molar-refractivity contribution in [1.29, 1.82) is 0 Å². The van der Waals surface area contributed by atoms with Crippen LogP contribution < -0.4 is 10.5 Å². The van der Waals surface area contributed by atoms with Crippen molar-refractivity contribution in [3.05, 3.63) is 63.7 Å². The summed E-state index contributed by atoms with van der Waals surface area (Å²) >= 11 is 6.83. The Morgan fingerprint density at radius 1 is 1.14 bits per heavy atom. The van der Waals surface area contributed by atoms with Gasteiger partial charge in [-0.05, 0) is 47.4 Å². The van der Waals surface area contributed by atoms with Gasteiger partial charge in [0.2, 0.25) is 5.91 Å². The van der Waals surface area contributed by atoms with Crippen LogP contribution in [-0.4, -0.2) is 58.9 Å². The topological polar surface area (TPSA) is 118 Å². The summed E-state index contributed by atoms with van der Waals surface area (Å²) < 4.78 is 19.5. The van der Waals surface area contributed by atoms with Gasteiger partial charge in [-0.25, -0.2) is 9.18 Å². The van der Waals surface area contributed by atoms with Gasteiger partial charge in [0, 0.05) is 43.4 Å². The van der Waals surface area contributed by atoms with Crippen LogP contribution in [0.3, 0.4) is 0 Å². The van der Waals surface area contributed by atoms with Gasteiger partial charge < -0.3 is 19.9 Å². The predicted octanol–water partition coefficient (Wildman–Crippen LogP) is 4.23. The summed E-state index contributed by atoms with van der Waals surface area (Å²) in [6.07, 6.45) is 0.887. The maximum absolute atomic E-state index is 14.1. The second-order valence-corrected chi connectivity index (χ2v) is 11.0. The number of carbonyl (C=O) groups excluding carboxylic acids is 3. The van der Waals surface area contributed by atoms with E-state index < -0.39 is 17.3 Å². The van der Waals surface area contributed by atoms with E-state index in [1.165, 1.54) is 18.3 Å². The van der Waals surface area contributed by atoms with Crippen LogP contribution in [0.1, 0.15) is 36.8 Å². The minimum absolute atomic E-state index is 0.149. The number of nitrogens with one attached hydrogen (secondary N) is 1. The van der Waals surface area contributed by atoms with Crippen LogP contribution in [0.2, 0.25) is 5.02 Å². The van der Waals surface area contributed by atoms with Crippen LogP contribution in [0, 0.1) is 11.2 Å². The molecule has 0 fully saturated rings. The van der Waals surface area contributed by atoms with E-state index in [1.807, 2.05) is 0 Å². The summed E-state index contributed by atoms with van der Waals surface area (Å²) in [6.45, 7) is 6.57. The Morgan fingerprint density at radius 2 is 1.78 bits per heavy atom. The molecule has 0 unspecified atom stereocenters. The van der Waals surface area contributed by atoms with Gasteiger partial charge >= 0.3 is 6.09 Å². The molecule has 0 aliphatic carbocycles. The zero-order valence-electron chi connectivity index (χ0n) is 20.6.